The van der Waals surface area contributed by atoms with E-state index in [1.54, 1.807) is 6.92 Å². The average molecular weight is 452 g/mol. The molecule has 0 bridgehead atoms. The van der Waals surface area contributed by atoms with E-state index in [0.717, 1.165) is 24.1 Å². The van der Waals surface area contributed by atoms with Crippen LogP contribution in [0.15, 0.2) is 58.3 Å². The fourth-order valence-electron chi connectivity index (χ4n) is 3.48. The number of benzene rings is 2. The Kier molecular flexibility index (Phi) is 6.86. The van der Waals surface area contributed by atoms with Crippen molar-refractivity contribution in [2.75, 3.05) is 38.6 Å². The molecular weight excluding hydrogens is 422 g/mol. The zero-order chi connectivity index (χ0) is 21.9. The van der Waals surface area contributed by atoms with Gasteiger partial charge in [-0.2, -0.15) is 8.61 Å². The first-order chi connectivity index (χ1) is 14.2. The number of hydrogen-bond donors (Lipinski definition) is 0. The molecule has 164 valence electrons. The van der Waals surface area contributed by atoms with Crippen LogP contribution >= 0.6 is 0 Å². The highest BCUT2D eigenvalue weighted by molar-refractivity contribution is 7.89. The summed E-state index contributed by atoms with van der Waals surface area (Å²) >= 11 is 0. The second-order valence-corrected chi connectivity index (χ2v) is 11.5. The lowest BCUT2D eigenvalue weighted by molar-refractivity contribution is 0.423. The molecular formula is C21H29N3O4S2. The monoisotopic (exact) mass is 451 g/mol. The zero-order valence-electron chi connectivity index (χ0n) is 17.7. The van der Waals surface area contributed by atoms with Gasteiger partial charge in [-0.25, -0.2) is 16.8 Å². The van der Waals surface area contributed by atoms with Crippen LogP contribution in [0.4, 0.5) is 5.69 Å². The second-order valence-electron chi connectivity index (χ2n) is 7.57. The summed E-state index contributed by atoms with van der Waals surface area (Å²) in [5, 5.41) is 0. The fraction of sp³-hybridized carbons (Fsp3) is 0.429. The summed E-state index contributed by atoms with van der Waals surface area (Å²) in [5.74, 6) is 0. The molecule has 0 spiro atoms. The van der Waals surface area contributed by atoms with Crippen LogP contribution in [0.25, 0.3) is 0 Å². The Balaban J connectivity index is 1.80. The Morgan fingerprint density at radius 2 is 1.37 bits per heavy atom. The SMILES string of the molecule is CCN(Cc1ccc(N(C)C)cc1)S(=O)(=O)c1ccc(S(=O)(=O)N2CCCC2)cc1. The van der Waals surface area contributed by atoms with Gasteiger partial charge in [0.2, 0.25) is 20.0 Å². The summed E-state index contributed by atoms with van der Waals surface area (Å²) in [7, 11) is -3.41. The predicted octanol–water partition coefficient (Wildman–Crippen LogP) is 2.75. The Labute approximate surface area is 180 Å². The number of rotatable bonds is 8. The third-order valence-electron chi connectivity index (χ3n) is 5.33. The van der Waals surface area contributed by atoms with Crippen molar-refractivity contribution in [3.05, 3.63) is 54.1 Å². The van der Waals surface area contributed by atoms with Crippen molar-refractivity contribution in [1.82, 2.24) is 8.61 Å². The van der Waals surface area contributed by atoms with Crippen LogP contribution in [-0.4, -0.2) is 59.2 Å². The molecule has 0 saturated carbocycles. The molecule has 0 atom stereocenters. The molecule has 1 aliphatic rings. The Morgan fingerprint density at radius 1 is 0.833 bits per heavy atom. The van der Waals surface area contributed by atoms with E-state index in [1.807, 2.05) is 43.3 Å². The maximum absolute atomic E-state index is 13.1. The summed E-state index contributed by atoms with van der Waals surface area (Å²) in [6.07, 6.45) is 1.71. The third-order valence-corrected chi connectivity index (χ3v) is 9.18. The topological polar surface area (TPSA) is 78.0 Å². The van der Waals surface area contributed by atoms with Crippen molar-refractivity contribution >= 4 is 25.7 Å². The number of hydrogen-bond acceptors (Lipinski definition) is 5. The molecule has 30 heavy (non-hydrogen) atoms. The van der Waals surface area contributed by atoms with E-state index in [0.29, 0.717) is 19.6 Å². The lowest BCUT2D eigenvalue weighted by atomic mass is 10.2. The van der Waals surface area contributed by atoms with Gasteiger partial charge in [0.15, 0.2) is 0 Å². The maximum Gasteiger partial charge on any atom is 0.243 e. The van der Waals surface area contributed by atoms with E-state index >= 15 is 0 Å². The van der Waals surface area contributed by atoms with E-state index in [4.69, 9.17) is 0 Å². The Morgan fingerprint density at radius 3 is 1.87 bits per heavy atom. The Bertz CT molecular complexity index is 1060. The first-order valence-corrected chi connectivity index (χ1v) is 12.9. The van der Waals surface area contributed by atoms with Gasteiger partial charge in [-0.05, 0) is 54.8 Å². The van der Waals surface area contributed by atoms with Gasteiger partial charge in [0, 0.05) is 46.0 Å². The van der Waals surface area contributed by atoms with E-state index in [-0.39, 0.29) is 16.3 Å². The van der Waals surface area contributed by atoms with Gasteiger partial charge in [-0.3, -0.25) is 0 Å². The molecule has 9 heteroatoms. The third kappa shape index (κ3) is 4.69. The van der Waals surface area contributed by atoms with Crippen molar-refractivity contribution in [2.24, 2.45) is 0 Å². The van der Waals surface area contributed by atoms with Gasteiger partial charge in [0.25, 0.3) is 0 Å². The minimum absolute atomic E-state index is 0.0923. The minimum Gasteiger partial charge on any atom is -0.378 e. The number of nitrogens with zero attached hydrogens (tertiary/aromatic N) is 3. The van der Waals surface area contributed by atoms with E-state index in [1.165, 1.54) is 32.9 Å². The maximum atomic E-state index is 13.1. The first-order valence-electron chi connectivity index (χ1n) is 10.0. The van der Waals surface area contributed by atoms with Gasteiger partial charge < -0.3 is 4.90 Å². The highest BCUT2D eigenvalue weighted by atomic mass is 32.2. The lowest BCUT2D eigenvalue weighted by Crippen LogP contribution is -2.31. The molecule has 0 N–H and O–H groups in total. The van der Waals surface area contributed by atoms with E-state index < -0.39 is 20.0 Å². The zero-order valence-corrected chi connectivity index (χ0v) is 19.3. The van der Waals surface area contributed by atoms with Crippen molar-refractivity contribution < 1.29 is 16.8 Å². The van der Waals surface area contributed by atoms with Crippen LogP contribution in [0, 0.1) is 0 Å². The standard InChI is InChI=1S/C21H29N3O4S2/c1-4-23(17-18-7-9-19(10-8-18)22(2)3)29(25,26)20-11-13-21(14-12-20)30(27,28)24-15-5-6-16-24/h7-14H,4-6,15-17H2,1-3H3. The molecule has 7 nitrogen and oxygen atoms in total. The van der Waals surface area contributed by atoms with Gasteiger partial charge >= 0.3 is 0 Å². The average Bonchev–Trinajstić information content (AvgIpc) is 3.28. The molecule has 0 aliphatic carbocycles. The summed E-state index contributed by atoms with van der Waals surface area (Å²) in [6.45, 7) is 3.38. The van der Waals surface area contributed by atoms with Gasteiger partial charge in [-0.15, -0.1) is 0 Å². The van der Waals surface area contributed by atoms with Crippen LogP contribution in [0.2, 0.25) is 0 Å². The van der Waals surface area contributed by atoms with Crippen LogP contribution in [-0.2, 0) is 26.6 Å². The molecule has 0 aromatic heterocycles. The largest absolute Gasteiger partial charge is 0.378 e. The van der Waals surface area contributed by atoms with E-state index in [9.17, 15) is 16.8 Å². The molecule has 1 saturated heterocycles. The Hall–Kier alpha value is -1.94. The molecule has 1 fully saturated rings. The van der Waals surface area contributed by atoms with Crippen molar-refractivity contribution in [1.29, 1.82) is 0 Å². The molecule has 2 aromatic rings. The molecule has 2 aromatic carbocycles. The summed E-state index contributed by atoms with van der Waals surface area (Å²) in [6, 6.07) is 13.3. The second kappa shape index (κ2) is 9.05. The quantitative estimate of drug-likeness (QED) is 0.617. The van der Waals surface area contributed by atoms with Gasteiger partial charge in [0.05, 0.1) is 9.79 Å². The molecule has 3 rings (SSSR count). The van der Waals surface area contributed by atoms with Gasteiger partial charge in [0.1, 0.15) is 0 Å². The van der Waals surface area contributed by atoms with Crippen molar-refractivity contribution in [3.8, 4) is 0 Å². The number of anilines is 1. The molecule has 0 unspecified atom stereocenters. The molecule has 1 heterocycles. The highest BCUT2D eigenvalue weighted by Crippen LogP contribution is 2.24. The molecule has 1 aliphatic heterocycles. The summed E-state index contributed by atoms with van der Waals surface area (Å²) in [4.78, 5) is 2.20. The van der Waals surface area contributed by atoms with Crippen LogP contribution in [0.5, 0.6) is 0 Å². The highest BCUT2D eigenvalue weighted by Gasteiger charge is 2.28. The van der Waals surface area contributed by atoms with Gasteiger partial charge in [-0.1, -0.05) is 19.1 Å². The smallest absolute Gasteiger partial charge is 0.243 e. The fourth-order valence-corrected chi connectivity index (χ4v) is 6.43. The minimum atomic E-state index is -3.74. The lowest BCUT2D eigenvalue weighted by Gasteiger charge is -2.22. The van der Waals surface area contributed by atoms with E-state index in [2.05, 4.69) is 0 Å². The van der Waals surface area contributed by atoms with Crippen molar-refractivity contribution in [3.63, 3.8) is 0 Å². The number of sulfonamides is 2. The molecule has 0 radical (unpaired) electrons. The van der Waals surface area contributed by atoms with Crippen LogP contribution in [0.1, 0.15) is 25.3 Å². The normalized spacial score (nSPS) is 15.6. The predicted molar refractivity (Wildman–Crippen MR) is 118 cm³/mol. The molecule has 0 amide bonds. The van der Waals surface area contributed by atoms with Crippen molar-refractivity contribution in [2.45, 2.75) is 36.1 Å². The van der Waals surface area contributed by atoms with Crippen LogP contribution < -0.4 is 4.90 Å². The summed E-state index contributed by atoms with van der Waals surface area (Å²) < 4.78 is 54.4. The first kappa shape index (κ1) is 22.7. The van der Waals surface area contributed by atoms with Crippen LogP contribution in [0.3, 0.4) is 0 Å². The summed E-state index contributed by atoms with van der Waals surface area (Å²) in [5.41, 5.74) is 1.93.